The molecule has 0 atom stereocenters. The highest BCUT2D eigenvalue weighted by Crippen LogP contribution is 2.17. The van der Waals surface area contributed by atoms with Gasteiger partial charge in [0.25, 0.3) is 0 Å². The van der Waals surface area contributed by atoms with Crippen LogP contribution in [0.5, 0.6) is 5.75 Å². The van der Waals surface area contributed by atoms with Gasteiger partial charge in [-0.2, -0.15) is 0 Å². The number of likely N-dealkylation sites (N-methyl/N-ethyl adjacent to an activating group) is 1. The molecule has 1 aromatic carbocycles. The molecular weight excluding hydrogens is 240 g/mol. The molecule has 102 valence electrons. The molecule has 0 spiro atoms. The van der Waals surface area contributed by atoms with Gasteiger partial charge in [0.2, 0.25) is 0 Å². The predicted octanol–water partition coefficient (Wildman–Crippen LogP) is 2.51. The number of rotatable bonds is 7. The summed E-state index contributed by atoms with van der Waals surface area (Å²) in [6, 6.07) is 11.9. The first-order valence-electron chi connectivity index (χ1n) is 6.38. The van der Waals surface area contributed by atoms with Gasteiger partial charge < -0.3 is 19.4 Å². The molecule has 0 unspecified atom stereocenters. The van der Waals surface area contributed by atoms with Crippen molar-refractivity contribution in [3.63, 3.8) is 0 Å². The number of benzene rings is 1. The van der Waals surface area contributed by atoms with E-state index in [1.165, 1.54) is 5.69 Å². The molecule has 1 aromatic heterocycles. The number of anilines is 1. The highest BCUT2D eigenvalue weighted by molar-refractivity contribution is 5.48. The van der Waals surface area contributed by atoms with Crippen LogP contribution in [0, 0.1) is 0 Å². The smallest absolute Gasteiger partial charge is 0.119 e. The van der Waals surface area contributed by atoms with E-state index in [9.17, 15) is 0 Å². The Labute approximate surface area is 114 Å². The van der Waals surface area contributed by atoms with E-state index in [0.29, 0.717) is 0 Å². The van der Waals surface area contributed by atoms with Gasteiger partial charge in [-0.3, -0.25) is 0 Å². The first-order valence-corrected chi connectivity index (χ1v) is 6.38. The zero-order valence-electron chi connectivity index (χ0n) is 11.4. The maximum atomic E-state index is 5.26. The highest BCUT2D eigenvalue weighted by atomic mass is 16.5. The summed E-state index contributed by atoms with van der Waals surface area (Å²) in [6.07, 6.45) is 1.69. The Morgan fingerprint density at radius 3 is 2.63 bits per heavy atom. The van der Waals surface area contributed by atoms with Gasteiger partial charge in [0, 0.05) is 25.8 Å². The van der Waals surface area contributed by atoms with Crippen molar-refractivity contribution in [1.82, 2.24) is 5.32 Å². The normalized spacial score (nSPS) is 10.4. The average molecular weight is 260 g/mol. The molecule has 2 aromatic rings. The molecule has 1 heterocycles. The SMILES string of the molecule is COc1ccc(N(C)CCNCc2ccco2)cc1. The summed E-state index contributed by atoms with van der Waals surface area (Å²) in [5.74, 6) is 1.85. The maximum Gasteiger partial charge on any atom is 0.119 e. The van der Waals surface area contributed by atoms with E-state index in [4.69, 9.17) is 9.15 Å². The van der Waals surface area contributed by atoms with Crippen LogP contribution in [0.4, 0.5) is 5.69 Å². The van der Waals surface area contributed by atoms with Gasteiger partial charge in [0.05, 0.1) is 19.9 Å². The standard InChI is InChI=1S/C15H20N2O2/c1-17(13-5-7-14(18-2)8-6-13)10-9-16-12-15-4-3-11-19-15/h3-8,11,16H,9-10,12H2,1-2H3. The van der Waals surface area contributed by atoms with Gasteiger partial charge in [0.1, 0.15) is 11.5 Å². The van der Waals surface area contributed by atoms with Gasteiger partial charge in [-0.25, -0.2) is 0 Å². The second kappa shape index (κ2) is 6.85. The summed E-state index contributed by atoms with van der Waals surface area (Å²) in [4.78, 5) is 2.20. The molecule has 0 fully saturated rings. The van der Waals surface area contributed by atoms with Crippen molar-refractivity contribution in [2.45, 2.75) is 6.54 Å². The van der Waals surface area contributed by atoms with Crippen molar-refractivity contribution in [2.75, 3.05) is 32.1 Å². The Morgan fingerprint density at radius 1 is 1.21 bits per heavy atom. The summed E-state index contributed by atoms with van der Waals surface area (Å²) >= 11 is 0. The van der Waals surface area contributed by atoms with Crippen LogP contribution in [0.2, 0.25) is 0 Å². The number of furan rings is 1. The van der Waals surface area contributed by atoms with E-state index < -0.39 is 0 Å². The van der Waals surface area contributed by atoms with Crippen molar-refractivity contribution in [3.8, 4) is 5.75 Å². The van der Waals surface area contributed by atoms with Crippen LogP contribution < -0.4 is 15.0 Å². The van der Waals surface area contributed by atoms with Crippen LogP contribution in [0.15, 0.2) is 47.1 Å². The van der Waals surface area contributed by atoms with Gasteiger partial charge >= 0.3 is 0 Å². The molecule has 2 rings (SSSR count). The van der Waals surface area contributed by atoms with Gasteiger partial charge in [-0.15, -0.1) is 0 Å². The Balaban J connectivity index is 1.72. The minimum absolute atomic E-state index is 0.767. The largest absolute Gasteiger partial charge is 0.497 e. The van der Waals surface area contributed by atoms with E-state index in [-0.39, 0.29) is 0 Å². The van der Waals surface area contributed by atoms with E-state index in [0.717, 1.165) is 31.1 Å². The molecule has 1 N–H and O–H groups in total. The Bertz CT molecular complexity index is 465. The van der Waals surface area contributed by atoms with E-state index in [2.05, 4.69) is 29.4 Å². The predicted molar refractivity (Wildman–Crippen MR) is 76.7 cm³/mol. The molecule has 4 heteroatoms. The molecule has 0 saturated carbocycles. The van der Waals surface area contributed by atoms with Crippen LogP contribution >= 0.6 is 0 Å². The molecule has 0 saturated heterocycles. The lowest BCUT2D eigenvalue weighted by Gasteiger charge is -2.19. The molecule has 0 aliphatic heterocycles. The van der Waals surface area contributed by atoms with E-state index in [1.54, 1.807) is 13.4 Å². The molecule has 0 aliphatic rings. The van der Waals surface area contributed by atoms with Crippen molar-refractivity contribution in [2.24, 2.45) is 0 Å². The van der Waals surface area contributed by atoms with Crippen LogP contribution in [-0.2, 0) is 6.54 Å². The quantitative estimate of drug-likeness (QED) is 0.776. The van der Waals surface area contributed by atoms with Gasteiger partial charge in [-0.05, 0) is 36.4 Å². The Hall–Kier alpha value is -1.94. The molecule has 0 amide bonds. The Morgan fingerprint density at radius 2 is 2.00 bits per heavy atom. The summed E-state index contributed by atoms with van der Waals surface area (Å²) in [5, 5.41) is 3.35. The van der Waals surface area contributed by atoms with E-state index in [1.807, 2.05) is 24.3 Å². The number of nitrogens with one attached hydrogen (secondary N) is 1. The topological polar surface area (TPSA) is 37.6 Å². The van der Waals surface area contributed by atoms with Crippen molar-refractivity contribution in [3.05, 3.63) is 48.4 Å². The number of methoxy groups -OCH3 is 1. The lowest BCUT2D eigenvalue weighted by Crippen LogP contribution is -2.28. The molecule has 0 radical (unpaired) electrons. The maximum absolute atomic E-state index is 5.26. The number of hydrogen-bond donors (Lipinski definition) is 1. The van der Waals surface area contributed by atoms with E-state index >= 15 is 0 Å². The fourth-order valence-corrected chi connectivity index (χ4v) is 1.84. The molecular formula is C15H20N2O2. The lowest BCUT2D eigenvalue weighted by molar-refractivity contribution is 0.415. The Kier molecular flexibility index (Phi) is 4.86. The second-order valence-corrected chi connectivity index (χ2v) is 4.38. The first kappa shape index (κ1) is 13.5. The van der Waals surface area contributed by atoms with Crippen molar-refractivity contribution < 1.29 is 9.15 Å². The number of nitrogens with zero attached hydrogens (tertiary/aromatic N) is 1. The minimum atomic E-state index is 0.767. The third-order valence-electron chi connectivity index (χ3n) is 3.02. The minimum Gasteiger partial charge on any atom is -0.497 e. The van der Waals surface area contributed by atoms with Gasteiger partial charge in [-0.1, -0.05) is 0 Å². The molecule has 19 heavy (non-hydrogen) atoms. The number of ether oxygens (including phenoxy) is 1. The van der Waals surface area contributed by atoms with Gasteiger partial charge in [0.15, 0.2) is 0 Å². The fourth-order valence-electron chi connectivity index (χ4n) is 1.84. The van der Waals surface area contributed by atoms with Crippen LogP contribution in [0.25, 0.3) is 0 Å². The summed E-state index contributed by atoms with van der Waals surface area (Å²) in [6.45, 7) is 2.61. The molecule has 4 nitrogen and oxygen atoms in total. The van der Waals surface area contributed by atoms with Crippen molar-refractivity contribution in [1.29, 1.82) is 0 Å². The zero-order valence-corrected chi connectivity index (χ0v) is 11.4. The van der Waals surface area contributed by atoms with Crippen LogP contribution in [0.3, 0.4) is 0 Å². The van der Waals surface area contributed by atoms with Crippen molar-refractivity contribution >= 4 is 5.69 Å². The number of hydrogen-bond acceptors (Lipinski definition) is 4. The zero-order chi connectivity index (χ0) is 13.5. The third kappa shape index (κ3) is 4.03. The summed E-state index contributed by atoms with van der Waals surface area (Å²) in [5.41, 5.74) is 1.18. The fraction of sp³-hybridized carbons (Fsp3) is 0.333. The van der Waals surface area contributed by atoms with Crippen LogP contribution in [0.1, 0.15) is 5.76 Å². The second-order valence-electron chi connectivity index (χ2n) is 4.38. The molecule has 0 aliphatic carbocycles. The molecule has 0 bridgehead atoms. The summed E-state index contributed by atoms with van der Waals surface area (Å²) < 4.78 is 10.4. The third-order valence-corrected chi connectivity index (χ3v) is 3.02. The first-order chi connectivity index (χ1) is 9.29. The summed E-state index contributed by atoms with van der Waals surface area (Å²) in [7, 11) is 3.76. The average Bonchev–Trinajstić information content (AvgIpc) is 2.96. The lowest BCUT2D eigenvalue weighted by atomic mass is 10.3. The monoisotopic (exact) mass is 260 g/mol. The highest BCUT2D eigenvalue weighted by Gasteiger charge is 2.01. The van der Waals surface area contributed by atoms with Crippen LogP contribution in [-0.4, -0.2) is 27.2 Å².